The third-order valence-corrected chi connectivity index (χ3v) is 5.45. The number of nitro groups is 2. The summed E-state index contributed by atoms with van der Waals surface area (Å²) < 4.78 is 0. The minimum Gasteiger partial charge on any atom is -0.326 e. The molecule has 0 radical (unpaired) electrons. The zero-order valence-corrected chi connectivity index (χ0v) is 19.5. The molecule has 0 aromatic heterocycles. The largest absolute Gasteiger partial charge is 0.326 e. The van der Waals surface area contributed by atoms with E-state index < -0.39 is 9.85 Å². The molecule has 34 heavy (non-hydrogen) atoms. The standard InChI is InChI=1S/C24H30N4O6/c1-17-15-19(27(31)32)11-13-21(17)25-23(29)9-7-5-3-4-6-8-10-24(30)26-22-14-12-20(28(33)34)16-18(22)2/h11-16H,3-10H2,1-2H3,(H,25,29)(H,26,30). The van der Waals surface area contributed by atoms with Crippen molar-refractivity contribution in [1.82, 2.24) is 0 Å². The van der Waals surface area contributed by atoms with Crippen molar-refractivity contribution in [2.45, 2.75) is 65.2 Å². The number of nitro benzene ring substituents is 2. The van der Waals surface area contributed by atoms with Crippen LogP contribution < -0.4 is 10.6 Å². The second-order valence-corrected chi connectivity index (χ2v) is 8.23. The molecule has 2 rings (SSSR count). The van der Waals surface area contributed by atoms with E-state index in [1.807, 2.05) is 0 Å². The first-order valence-corrected chi connectivity index (χ1v) is 11.3. The van der Waals surface area contributed by atoms with E-state index in [1.165, 1.54) is 24.3 Å². The molecule has 10 nitrogen and oxygen atoms in total. The van der Waals surface area contributed by atoms with Gasteiger partial charge in [0, 0.05) is 48.5 Å². The summed E-state index contributed by atoms with van der Waals surface area (Å²) in [5, 5.41) is 27.2. The average Bonchev–Trinajstić information content (AvgIpc) is 2.78. The summed E-state index contributed by atoms with van der Waals surface area (Å²) in [4.78, 5) is 44.8. The Labute approximate surface area is 198 Å². The van der Waals surface area contributed by atoms with E-state index in [-0.39, 0.29) is 23.2 Å². The van der Waals surface area contributed by atoms with Gasteiger partial charge in [-0.1, -0.05) is 25.7 Å². The lowest BCUT2D eigenvalue weighted by Gasteiger charge is -2.09. The van der Waals surface area contributed by atoms with E-state index in [0.717, 1.165) is 38.5 Å². The van der Waals surface area contributed by atoms with Crippen molar-refractivity contribution in [2.24, 2.45) is 0 Å². The minimum atomic E-state index is -0.467. The van der Waals surface area contributed by atoms with Crippen LogP contribution in [0.1, 0.15) is 62.5 Å². The van der Waals surface area contributed by atoms with Crippen LogP contribution in [0.3, 0.4) is 0 Å². The van der Waals surface area contributed by atoms with Gasteiger partial charge in [0.25, 0.3) is 11.4 Å². The number of hydrogen-bond acceptors (Lipinski definition) is 6. The highest BCUT2D eigenvalue weighted by atomic mass is 16.6. The Morgan fingerprint density at radius 3 is 1.35 bits per heavy atom. The van der Waals surface area contributed by atoms with Gasteiger partial charge in [-0.3, -0.25) is 29.8 Å². The van der Waals surface area contributed by atoms with Crippen LogP contribution in [0.2, 0.25) is 0 Å². The first-order valence-electron chi connectivity index (χ1n) is 11.3. The number of hydrogen-bond donors (Lipinski definition) is 2. The maximum Gasteiger partial charge on any atom is 0.269 e. The Bertz CT molecular complexity index is 970. The molecule has 0 atom stereocenters. The summed E-state index contributed by atoms with van der Waals surface area (Å²) in [6, 6.07) is 8.70. The number of non-ortho nitro benzene ring substituents is 2. The number of carbonyl (C=O) groups is 2. The molecule has 0 saturated heterocycles. The van der Waals surface area contributed by atoms with Gasteiger partial charge in [0.1, 0.15) is 0 Å². The summed E-state index contributed by atoms with van der Waals surface area (Å²) in [6.07, 6.45) is 6.00. The van der Waals surface area contributed by atoms with Crippen LogP contribution in [0.25, 0.3) is 0 Å². The number of rotatable bonds is 13. The summed E-state index contributed by atoms with van der Waals surface area (Å²) in [5.74, 6) is -0.231. The second-order valence-electron chi connectivity index (χ2n) is 8.23. The Morgan fingerprint density at radius 1 is 0.676 bits per heavy atom. The molecule has 0 aliphatic carbocycles. The van der Waals surface area contributed by atoms with Crippen LogP contribution in [0.4, 0.5) is 22.7 Å². The van der Waals surface area contributed by atoms with Crippen molar-refractivity contribution in [3.63, 3.8) is 0 Å². The lowest BCUT2D eigenvalue weighted by molar-refractivity contribution is -0.385. The van der Waals surface area contributed by atoms with Crippen LogP contribution in [0, 0.1) is 34.1 Å². The molecule has 0 bridgehead atoms. The van der Waals surface area contributed by atoms with Crippen LogP contribution in [-0.2, 0) is 9.59 Å². The van der Waals surface area contributed by atoms with Crippen molar-refractivity contribution in [1.29, 1.82) is 0 Å². The number of anilines is 2. The van der Waals surface area contributed by atoms with E-state index >= 15 is 0 Å². The van der Waals surface area contributed by atoms with Gasteiger partial charge in [-0.25, -0.2) is 0 Å². The Morgan fingerprint density at radius 2 is 1.03 bits per heavy atom. The molecular formula is C24H30N4O6. The molecule has 2 aromatic rings. The number of nitrogens with one attached hydrogen (secondary N) is 2. The van der Waals surface area contributed by atoms with E-state index in [4.69, 9.17) is 0 Å². The summed E-state index contributed by atoms with van der Waals surface area (Å²) >= 11 is 0. The van der Waals surface area contributed by atoms with Crippen LogP contribution in [-0.4, -0.2) is 21.7 Å². The third-order valence-electron chi connectivity index (χ3n) is 5.45. The SMILES string of the molecule is Cc1cc([N+](=O)[O-])ccc1NC(=O)CCCCCCCCC(=O)Nc1ccc([N+](=O)[O-])cc1C. The molecule has 10 heteroatoms. The van der Waals surface area contributed by atoms with Crippen LogP contribution in [0.5, 0.6) is 0 Å². The monoisotopic (exact) mass is 470 g/mol. The van der Waals surface area contributed by atoms with Crippen molar-refractivity contribution >= 4 is 34.6 Å². The highest BCUT2D eigenvalue weighted by Gasteiger charge is 2.11. The normalized spacial score (nSPS) is 10.5. The molecule has 0 heterocycles. The highest BCUT2D eigenvalue weighted by Crippen LogP contribution is 2.22. The molecule has 2 amide bonds. The van der Waals surface area contributed by atoms with E-state index in [1.54, 1.807) is 26.0 Å². The number of amides is 2. The Balaban J connectivity index is 1.56. The van der Waals surface area contributed by atoms with Crippen molar-refractivity contribution in [2.75, 3.05) is 10.6 Å². The van der Waals surface area contributed by atoms with E-state index in [0.29, 0.717) is 35.3 Å². The Hall–Kier alpha value is -3.82. The molecule has 0 fully saturated rings. The van der Waals surface area contributed by atoms with Gasteiger partial charge >= 0.3 is 0 Å². The summed E-state index contributed by atoms with van der Waals surface area (Å²) in [6.45, 7) is 3.44. The maximum absolute atomic E-state index is 12.1. The number of unbranched alkanes of at least 4 members (excludes halogenated alkanes) is 5. The zero-order valence-electron chi connectivity index (χ0n) is 19.5. The average molecular weight is 471 g/mol. The maximum atomic E-state index is 12.1. The van der Waals surface area contributed by atoms with Gasteiger partial charge in [-0.15, -0.1) is 0 Å². The topological polar surface area (TPSA) is 144 Å². The molecule has 0 spiro atoms. The van der Waals surface area contributed by atoms with Gasteiger partial charge in [0.05, 0.1) is 9.85 Å². The highest BCUT2D eigenvalue weighted by molar-refractivity contribution is 5.92. The molecule has 0 unspecified atom stereocenters. The molecule has 0 aliphatic rings. The number of benzene rings is 2. The van der Waals surface area contributed by atoms with Gasteiger partial charge in [-0.2, -0.15) is 0 Å². The number of nitrogens with zero attached hydrogens (tertiary/aromatic N) is 2. The predicted octanol–water partition coefficient (Wildman–Crippen LogP) is 5.82. The Kier molecular flexibility index (Phi) is 10.1. The smallest absolute Gasteiger partial charge is 0.269 e. The summed E-state index contributed by atoms with van der Waals surface area (Å²) in [5.41, 5.74) is 2.45. The molecule has 2 aromatic carbocycles. The first kappa shape index (κ1) is 26.4. The molecule has 0 aliphatic heterocycles. The van der Waals surface area contributed by atoms with Gasteiger partial charge in [-0.05, 0) is 49.9 Å². The summed E-state index contributed by atoms with van der Waals surface area (Å²) in [7, 11) is 0. The fourth-order valence-corrected chi connectivity index (χ4v) is 3.51. The quantitative estimate of drug-likeness (QED) is 0.214. The first-order chi connectivity index (χ1) is 16.2. The molecular weight excluding hydrogens is 440 g/mol. The number of carbonyl (C=O) groups excluding carboxylic acids is 2. The van der Waals surface area contributed by atoms with Crippen LogP contribution >= 0.6 is 0 Å². The molecule has 2 N–H and O–H groups in total. The lowest BCUT2D eigenvalue weighted by Crippen LogP contribution is -2.12. The van der Waals surface area contributed by atoms with E-state index in [2.05, 4.69) is 10.6 Å². The predicted molar refractivity (Wildman–Crippen MR) is 130 cm³/mol. The van der Waals surface area contributed by atoms with Crippen LogP contribution in [0.15, 0.2) is 36.4 Å². The molecule has 182 valence electrons. The van der Waals surface area contributed by atoms with Gasteiger partial charge in [0.2, 0.25) is 11.8 Å². The van der Waals surface area contributed by atoms with Crippen molar-refractivity contribution < 1.29 is 19.4 Å². The van der Waals surface area contributed by atoms with Crippen molar-refractivity contribution in [3.05, 3.63) is 67.8 Å². The van der Waals surface area contributed by atoms with Crippen molar-refractivity contribution in [3.8, 4) is 0 Å². The fourth-order valence-electron chi connectivity index (χ4n) is 3.51. The van der Waals surface area contributed by atoms with Gasteiger partial charge in [0.15, 0.2) is 0 Å². The minimum absolute atomic E-state index is 0.00515. The fraction of sp³-hybridized carbons (Fsp3) is 0.417. The van der Waals surface area contributed by atoms with Gasteiger partial charge < -0.3 is 10.6 Å². The zero-order chi connectivity index (χ0) is 25.1. The molecule has 0 saturated carbocycles. The van der Waals surface area contributed by atoms with E-state index in [9.17, 15) is 29.8 Å². The second kappa shape index (κ2) is 13.0. The number of aryl methyl sites for hydroxylation is 2. The lowest BCUT2D eigenvalue weighted by atomic mass is 10.1. The third kappa shape index (κ3) is 8.61.